The summed E-state index contributed by atoms with van der Waals surface area (Å²) in [6.45, 7) is 7.88. The summed E-state index contributed by atoms with van der Waals surface area (Å²) in [5.41, 5.74) is 1.39. The Labute approximate surface area is 378 Å². The van der Waals surface area contributed by atoms with Gasteiger partial charge in [-0.05, 0) is 74.4 Å². The number of anilines is 2. The Balaban J connectivity index is 0.870. The third-order valence-electron chi connectivity index (χ3n) is 11.3. The molecule has 2 saturated heterocycles. The molecule has 2 aliphatic rings. The predicted molar refractivity (Wildman–Crippen MR) is 230 cm³/mol. The standard InChI is InChI=1S/C43H50F2N8O12S/c1-4-39(29(2)63-42(56)65-30(3)64-40(54)15-20-62-66(57,58)59)53-41(55)52(28-48-53)35-8-6-33(7-9-35)49-16-18-50(19-17-49)34-10-12-36(13-11-34)60-23-31-22-43(61-24-31,25-51-27-46-26-47-51)37-14-5-32(44)21-38(37)45/h5-14,21,26-31,39H,4,15-20,22-25H2,1-3H3,(H,57,58,59)/t29-,30?,31+,39-,43-/m0/s1. The molecule has 2 fully saturated rings. The van der Waals surface area contributed by atoms with Gasteiger partial charge in [-0.3, -0.25) is 9.35 Å². The van der Waals surface area contributed by atoms with E-state index in [1.807, 2.05) is 48.5 Å². The monoisotopic (exact) mass is 940 g/mol. The Morgan fingerprint density at radius 2 is 1.58 bits per heavy atom. The van der Waals surface area contributed by atoms with E-state index in [1.165, 1.54) is 47.3 Å². The van der Waals surface area contributed by atoms with Gasteiger partial charge >= 0.3 is 28.2 Å². The maximum Gasteiger partial charge on any atom is 0.511 e. The van der Waals surface area contributed by atoms with Gasteiger partial charge in [0.15, 0.2) is 0 Å². The molecule has 7 rings (SSSR count). The van der Waals surface area contributed by atoms with E-state index in [9.17, 15) is 27.2 Å². The van der Waals surface area contributed by atoms with Crippen molar-refractivity contribution in [2.24, 2.45) is 5.92 Å². The first kappa shape index (κ1) is 47.5. The molecule has 66 heavy (non-hydrogen) atoms. The summed E-state index contributed by atoms with van der Waals surface area (Å²) >= 11 is 0. The number of aromatic nitrogens is 6. The highest BCUT2D eigenvalue weighted by atomic mass is 32.3. The Morgan fingerprint density at radius 1 is 0.909 bits per heavy atom. The zero-order valence-corrected chi connectivity index (χ0v) is 37.2. The summed E-state index contributed by atoms with van der Waals surface area (Å²) < 4.78 is 94.5. The lowest BCUT2D eigenvalue weighted by molar-refractivity contribution is -0.169. The van der Waals surface area contributed by atoms with Crippen LogP contribution in [0.4, 0.5) is 25.0 Å². The highest BCUT2D eigenvalue weighted by molar-refractivity contribution is 7.80. The minimum Gasteiger partial charge on any atom is -0.493 e. The number of rotatable bonds is 19. The molecule has 1 N–H and O–H groups in total. The van der Waals surface area contributed by atoms with Gasteiger partial charge in [-0.2, -0.15) is 18.6 Å². The maximum atomic E-state index is 15.0. The topological polar surface area (TPSA) is 221 Å². The van der Waals surface area contributed by atoms with E-state index in [2.05, 4.69) is 29.2 Å². The average Bonchev–Trinajstić information content (AvgIpc) is 4.04. The van der Waals surface area contributed by atoms with Gasteiger partial charge in [0, 0.05) is 62.0 Å². The van der Waals surface area contributed by atoms with Crippen molar-refractivity contribution in [2.75, 3.05) is 55.8 Å². The second kappa shape index (κ2) is 20.8. The van der Waals surface area contributed by atoms with Crippen LogP contribution in [0.25, 0.3) is 5.69 Å². The molecule has 0 radical (unpaired) electrons. The molecule has 354 valence electrons. The Morgan fingerprint density at radius 3 is 2.20 bits per heavy atom. The van der Waals surface area contributed by atoms with Crippen LogP contribution in [-0.4, -0.2) is 113 Å². The van der Waals surface area contributed by atoms with Crippen molar-refractivity contribution < 1.29 is 59.2 Å². The van der Waals surface area contributed by atoms with Crippen molar-refractivity contribution in [1.82, 2.24) is 29.1 Å². The molecule has 3 aromatic carbocycles. The van der Waals surface area contributed by atoms with Crippen molar-refractivity contribution in [2.45, 2.75) is 70.6 Å². The van der Waals surface area contributed by atoms with Crippen molar-refractivity contribution >= 4 is 33.9 Å². The normalized spacial score (nSPS) is 19.0. The van der Waals surface area contributed by atoms with E-state index >= 15 is 4.39 Å². The lowest BCUT2D eigenvalue weighted by Gasteiger charge is -2.37. The Bertz CT molecular complexity index is 2590. The number of hydrogen-bond donors (Lipinski definition) is 1. The number of ether oxygens (including phenoxy) is 5. The van der Waals surface area contributed by atoms with Gasteiger partial charge in [0.2, 0.25) is 6.29 Å². The highest BCUT2D eigenvalue weighted by Gasteiger charge is 2.45. The molecule has 0 saturated carbocycles. The zero-order chi connectivity index (χ0) is 47.0. The summed E-state index contributed by atoms with van der Waals surface area (Å²) in [6.07, 6.45) is 1.14. The Kier molecular flexibility index (Phi) is 15.0. The molecule has 0 amide bonds. The number of piperazine rings is 1. The zero-order valence-electron chi connectivity index (χ0n) is 36.4. The van der Waals surface area contributed by atoms with Crippen molar-refractivity contribution in [3.8, 4) is 11.4 Å². The van der Waals surface area contributed by atoms with E-state index in [1.54, 1.807) is 18.5 Å². The predicted octanol–water partition coefficient (Wildman–Crippen LogP) is 4.83. The third-order valence-corrected chi connectivity index (χ3v) is 11.8. The van der Waals surface area contributed by atoms with Crippen LogP contribution in [0.2, 0.25) is 0 Å². The fourth-order valence-electron chi connectivity index (χ4n) is 8.12. The number of esters is 1. The molecule has 2 aliphatic heterocycles. The quantitative estimate of drug-likeness (QED) is 0.0665. The highest BCUT2D eigenvalue weighted by Crippen LogP contribution is 2.42. The van der Waals surface area contributed by atoms with Gasteiger partial charge in [0.25, 0.3) is 0 Å². The Hall–Kier alpha value is -6.43. The van der Waals surface area contributed by atoms with E-state index in [4.69, 9.17) is 28.2 Å². The molecule has 4 heterocycles. The molecule has 0 bridgehead atoms. The van der Waals surface area contributed by atoms with Crippen LogP contribution in [0.15, 0.2) is 90.5 Å². The molecule has 0 spiro atoms. The minimum atomic E-state index is -4.72. The van der Waals surface area contributed by atoms with Crippen LogP contribution < -0.4 is 20.2 Å². The summed E-state index contributed by atoms with van der Waals surface area (Å²) in [5, 5.41) is 8.47. The lowest BCUT2D eigenvalue weighted by atomic mass is 9.87. The van der Waals surface area contributed by atoms with Crippen molar-refractivity contribution in [3.05, 3.63) is 113 Å². The largest absolute Gasteiger partial charge is 0.511 e. The van der Waals surface area contributed by atoms with Crippen molar-refractivity contribution in [1.29, 1.82) is 0 Å². The summed E-state index contributed by atoms with van der Waals surface area (Å²) in [7, 11) is -4.72. The molecule has 2 aromatic heterocycles. The summed E-state index contributed by atoms with van der Waals surface area (Å²) in [4.78, 5) is 46.4. The SMILES string of the molecule is CC[C@@H]([C@H](C)OC(=O)OC(C)OC(=O)CCOS(=O)(=O)O)n1ncn(-c2ccc(N3CCN(c4ccc(OC[C@@H]5CO[C@@](Cn6cncn6)(c6ccc(F)cc6F)C5)cc4)CC3)cc2)c1=O. The van der Waals surface area contributed by atoms with Crippen LogP contribution in [0.1, 0.15) is 51.6 Å². The molecule has 1 unspecified atom stereocenters. The number of carbonyl (C=O) groups is 2. The summed E-state index contributed by atoms with van der Waals surface area (Å²) in [5.74, 6) is -1.65. The molecular weight excluding hydrogens is 891 g/mol. The van der Waals surface area contributed by atoms with Crippen molar-refractivity contribution in [3.63, 3.8) is 0 Å². The van der Waals surface area contributed by atoms with E-state index in [0.29, 0.717) is 37.5 Å². The molecule has 0 aliphatic carbocycles. The first-order valence-corrected chi connectivity index (χ1v) is 22.6. The molecule has 5 atom stereocenters. The second-order valence-electron chi connectivity index (χ2n) is 15.8. The van der Waals surface area contributed by atoms with Crippen LogP contribution in [-0.2, 0) is 50.5 Å². The van der Waals surface area contributed by atoms with E-state index in [0.717, 1.165) is 43.6 Å². The fourth-order valence-corrected chi connectivity index (χ4v) is 8.41. The number of hydrogen-bond acceptors (Lipinski definition) is 16. The first-order valence-electron chi connectivity index (χ1n) is 21.2. The van der Waals surface area contributed by atoms with Crippen LogP contribution >= 0.6 is 0 Å². The van der Waals surface area contributed by atoms with Gasteiger partial charge < -0.3 is 33.5 Å². The molecule has 5 aromatic rings. The maximum absolute atomic E-state index is 15.0. The summed E-state index contributed by atoms with van der Waals surface area (Å²) in [6, 6.07) is 18.3. The van der Waals surface area contributed by atoms with Crippen LogP contribution in [0.5, 0.6) is 5.75 Å². The number of halogens is 2. The van der Waals surface area contributed by atoms with Gasteiger partial charge in [0.1, 0.15) is 48.1 Å². The minimum absolute atomic E-state index is 0.0539. The fraction of sp³-hybridized carbons (Fsp3) is 0.442. The average molecular weight is 941 g/mol. The van der Waals surface area contributed by atoms with Crippen LogP contribution in [0, 0.1) is 17.6 Å². The number of nitrogens with zero attached hydrogens (tertiary/aromatic N) is 8. The van der Waals surface area contributed by atoms with Crippen LogP contribution in [0.3, 0.4) is 0 Å². The molecular formula is C43H50F2N8O12S. The van der Waals surface area contributed by atoms with Gasteiger partial charge in [-0.15, -0.1) is 0 Å². The number of carbonyl (C=O) groups excluding carboxylic acids is 2. The third kappa shape index (κ3) is 11.9. The van der Waals surface area contributed by atoms with E-state index < -0.39 is 76.9 Å². The smallest absolute Gasteiger partial charge is 0.493 e. The second-order valence-corrected chi connectivity index (χ2v) is 16.9. The molecule has 23 heteroatoms. The number of benzene rings is 3. The van der Waals surface area contributed by atoms with E-state index in [-0.39, 0.29) is 18.0 Å². The van der Waals surface area contributed by atoms with Gasteiger partial charge in [-0.25, -0.2) is 41.5 Å². The first-order chi connectivity index (χ1) is 31.6. The molecule has 20 nitrogen and oxygen atoms in total. The lowest BCUT2D eigenvalue weighted by Crippen LogP contribution is -2.46. The van der Waals surface area contributed by atoms with Gasteiger partial charge in [0.05, 0.1) is 44.5 Å². The van der Waals surface area contributed by atoms with Gasteiger partial charge in [-0.1, -0.05) is 13.0 Å².